The van der Waals surface area contributed by atoms with Gasteiger partial charge in [0.1, 0.15) is 0 Å². The van der Waals surface area contributed by atoms with Gasteiger partial charge in [-0.15, -0.1) is 0 Å². The van der Waals surface area contributed by atoms with Gasteiger partial charge < -0.3 is 10.1 Å². The Bertz CT molecular complexity index is 1010. The summed E-state index contributed by atoms with van der Waals surface area (Å²) in [7, 11) is -2.06. The molecule has 124 valence electrons. The second-order valence-corrected chi connectivity index (χ2v) is 8.10. The molecule has 0 unspecified atom stereocenters. The van der Waals surface area contributed by atoms with E-state index >= 15 is 0 Å². The van der Waals surface area contributed by atoms with Gasteiger partial charge in [0.25, 0.3) is 0 Å². The van der Waals surface area contributed by atoms with E-state index in [1.165, 1.54) is 11.4 Å². The number of aromatic amines is 1. The molecule has 0 aliphatic carbocycles. The van der Waals surface area contributed by atoms with Gasteiger partial charge in [-0.05, 0) is 24.1 Å². The molecule has 0 radical (unpaired) electrons. The van der Waals surface area contributed by atoms with Crippen molar-refractivity contribution < 1.29 is 13.5 Å². The molecule has 5 nitrogen and oxygen atoms in total. The van der Waals surface area contributed by atoms with Crippen molar-refractivity contribution in [2.45, 2.75) is 23.5 Å². The first kappa shape index (κ1) is 15.4. The van der Waals surface area contributed by atoms with E-state index in [1.807, 2.05) is 30.5 Å². The summed E-state index contributed by atoms with van der Waals surface area (Å²) in [5.74, 6) is 0. The van der Waals surface area contributed by atoms with Crippen LogP contribution < -0.4 is 0 Å². The van der Waals surface area contributed by atoms with Crippen LogP contribution >= 0.6 is 0 Å². The number of rotatable bonds is 2. The van der Waals surface area contributed by atoms with E-state index in [0.717, 1.165) is 16.5 Å². The molecule has 0 bridgehead atoms. The Kier molecular flexibility index (Phi) is 3.49. The van der Waals surface area contributed by atoms with E-state index in [9.17, 15) is 13.5 Å². The summed E-state index contributed by atoms with van der Waals surface area (Å²) >= 11 is 0. The fraction of sp³-hybridized carbons (Fsp3) is 0.222. The first-order valence-electron chi connectivity index (χ1n) is 7.80. The van der Waals surface area contributed by atoms with Gasteiger partial charge in [-0.2, -0.15) is 4.31 Å². The fourth-order valence-corrected chi connectivity index (χ4v) is 5.06. The largest absolute Gasteiger partial charge is 0.387 e. The maximum atomic E-state index is 12.8. The minimum atomic E-state index is -3.60. The molecule has 3 aromatic rings. The molecule has 0 fully saturated rings. The van der Waals surface area contributed by atoms with Crippen molar-refractivity contribution in [3.8, 4) is 0 Å². The summed E-state index contributed by atoms with van der Waals surface area (Å²) in [6.45, 7) is 0. The number of aliphatic hydroxyl groups excluding tert-OH is 1. The molecule has 1 aromatic heterocycles. The fourth-order valence-electron chi connectivity index (χ4n) is 3.47. The maximum Gasteiger partial charge on any atom is 0.243 e. The van der Waals surface area contributed by atoms with Crippen molar-refractivity contribution in [2.75, 3.05) is 7.05 Å². The van der Waals surface area contributed by atoms with Crippen LogP contribution in [0, 0.1) is 0 Å². The number of sulfonamides is 1. The molecule has 24 heavy (non-hydrogen) atoms. The number of benzene rings is 2. The highest BCUT2D eigenvalue weighted by Gasteiger charge is 2.41. The van der Waals surface area contributed by atoms with Gasteiger partial charge in [0.15, 0.2) is 0 Å². The van der Waals surface area contributed by atoms with E-state index in [4.69, 9.17) is 0 Å². The van der Waals surface area contributed by atoms with Gasteiger partial charge >= 0.3 is 0 Å². The number of H-pyrrole nitrogens is 1. The minimum absolute atomic E-state index is 0.190. The molecule has 0 amide bonds. The van der Waals surface area contributed by atoms with E-state index in [2.05, 4.69) is 4.98 Å². The molecular formula is C18H18N2O3S. The van der Waals surface area contributed by atoms with Crippen molar-refractivity contribution in [1.29, 1.82) is 0 Å². The molecule has 2 atom stereocenters. The van der Waals surface area contributed by atoms with Gasteiger partial charge in [-0.3, -0.25) is 0 Å². The number of para-hydroxylation sites is 1. The number of nitrogens with zero attached hydrogens (tertiary/aromatic N) is 1. The number of aliphatic hydroxyl groups is 1. The van der Waals surface area contributed by atoms with E-state index in [1.54, 1.807) is 24.3 Å². The van der Waals surface area contributed by atoms with Crippen LogP contribution in [0.4, 0.5) is 0 Å². The lowest BCUT2D eigenvalue weighted by atomic mass is 9.95. The number of likely N-dealkylation sites (N-methyl/N-ethyl adjacent to an activating group) is 1. The average molecular weight is 342 g/mol. The normalized spacial score (nSPS) is 23.2. The van der Waals surface area contributed by atoms with Crippen LogP contribution in [-0.2, 0) is 16.4 Å². The molecule has 1 aliphatic rings. The summed E-state index contributed by atoms with van der Waals surface area (Å²) in [5.41, 5.74) is 2.47. The molecule has 4 rings (SSSR count). The Balaban J connectivity index is 1.79. The molecule has 6 heteroatoms. The lowest BCUT2D eigenvalue weighted by molar-refractivity contribution is 0.0893. The Hall–Kier alpha value is -2.15. The van der Waals surface area contributed by atoms with Crippen molar-refractivity contribution in [2.24, 2.45) is 0 Å². The number of aromatic nitrogens is 1. The number of hydrogen-bond donors (Lipinski definition) is 2. The second-order valence-electron chi connectivity index (χ2n) is 6.13. The topological polar surface area (TPSA) is 73.4 Å². The number of fused-ring (bicyclic) bond motifs is 2. The highest BCUT2D eigenvalue weighted by molar-refractivity contribution is 7.89. The molecule has 2 N–H and O–H groups in total. The van der Waals surface area contributed by atoms with Crippen LogP contribution in [0.3, 0.4) is 0 Å². The third kappa shape index (κ3) is 2.18. The van der Waals surface area contributed by atoms with E-state index in [-0.39, 0.29) is 4.90 Å². The molecule has 2 aromatic carbocycles. The Morgan fingerprint density at radius 2 is 1.83 bits per heavy atom. The highest BCUT2D eigenvalue weighted by atomic mass is 32.2. The summed E-state index contributed by atoms with van der Waals surface area (Å²) in [4.78, 5) is 3.39. The zero-order valence-corrected chi connectivity index (χ0v) is 14.0. The quantitative estimate of drug-likeness (QED) is 0.751. The standard InChI is InChI=1S/C18H18N2O3S/c1-20-16(10-12-11-19-15-8-4-2-6-13(12)15)18(21)14-7-3-5-9-17(14)24(20,22)23/h2-9,11,16,18-19,21H,10H2,1H3/t16-,18+/m0/s1. The van der Waals surface area contributed by atoms with Crippen LogP contribution in [0.5, 0.6) is 0 Å². The molecule has 0 spiro atoms. The number of hydrogen-bond acceptors (Lipinski definition) is 3. The second kappa shape index (κ2) is 5.44. The zero-order chi connectivity index (χ0) is 16.9. The molecule has 0 saturated heterocycles. The smallest absolute Gasteiger partial charge is 0.243 e. The third-order valence-electron chi connectivity index (χ3n) is 4.83. The monoisotopic (exact) mass is 342 g/mol. The minimum Gasteiger partial charge on any atom is -0.387 e. The predicted octanol–water partition coefficient (Wildman–Crippen LogP) is 2.45. The first-order valence-corrected chi connectivity index (χ1v) is 9.24. The molecule has 2 heterocycles. The van der Waals surface area contributed by atoms with Crippen LogP contribution in [0.25, 0.3) is 10.9 Å². The average Bonchev–Trinajstić information content (AvgIpc) is 3.00. The van der Waals surface area contributed by atoms with Gasteiger partial charge in [-0.1, -0.05) is 36.4 Å². The highest BCUT2D eigenvalue weighted by Crippen LogP contribution is 2.37. The lowest BCUT2D eigenvalue weighted by Gasteiger charge is -2.37. The van der Waals surface area contributed by atoms with Crippen molar-refractivity contribution >= 4 is 20.9 Å². The van der Waals surface area contributed by atoms with E-state index in [0.29, 0.717) is 12.0 Å². The van der Waals surface area contributed by atoms with Crippen molar-refractivity contribution in [3.63, 3.8) is 0 Å². The Morgan fingerprint density at radius 1 is 1.12 bits per heavy atom. The van der Waals surface area contributed by atoms with E-state index < -0.39 is 22.2 Å². The van der Waals surface area contributed by atoms with Crippen LogP contribution in [-0.4, -0.2) is 35.9 Å². The van der Waals surface area contributed by atoms with Gasteiger partial charge in [0, 0.05) is 29.7 Å². The van der Waals surface area contributed by atoms with Gasteiger partial charge in [0.2, 0.25) is 10.0 Å². The first-order chi connectivity index (χ1) is 11.5. The molecule has 1 aliphatic heterocycles. The summed E-state index contributed by atoms with van der Waals surface area (Å²) < 4.78 is 26.8. The summed E-state index contributed by atoms with van der Waals surface area (Å²) in [6.07, 6.45) is 1.47. The predicted molar refractivity (Wildman–Crippen MR) is 92.1 cm³/mol. The molecule has 0 saturated carbocycles. The van der Waals surface area contributed by atoms with Crippen molar-refractivity contribution in [3.05, 3.63) is 65.9 Å². The zero-order valence-electron chi connectivity index (χ0n) is 13.2. The van der Waals surface area contributed by atoms with Crippen molar-refractivity contribution in [1.82, 2.24) is 9.29 Å². The van der Waals surface area contributed by atoms with Crippen LogP contribution in [0.15, 0.2) is 59.6 Å². The summed E-state index contributed by atoms with van der Waals surface area (Å²) in [5, 5.41) is 11.8. The molecular weight excluding hydrogens is 324 g/mol. The van der Waals surface area contributed by atoms with Gasteiger partial charge in [0.05, 0.1) is 17.0 Å². The maximum absolute atomic E-state index is 12.8. The van der Waals surface area contributed by atoms with Crippen LogP contribution in [0.1, 0.15) is 17.2 Å². The number of nitrogens with one attached hydrogen (secondary N) is 1. The Morgan fingerprint density at radius 3 is 2.67 bits per heavy atom. The Labute approximate surface area is 140 Å². The lowest BCUT2D eigenvalue weighted by Crippen LogP contribution is -2.46. The van der Waals surface area contributed by atoms with Crippen LogP contribution in [0.2, 0.25) is 0 Å². The van der Waals surface area contributed by atoms with Gasteiger partial charge in [-0.25, -0.2) is 8.42 Å². The third-order valence-corrected chi connectivity index (χ3v) is 6.79. The summed E-state index contributed by atoms with van der Waals surface area (Å²) in [6, 6.07) is 14.0. The SMILES string of the molecule is CN1[C@@H](Cc2c[nH]c3ccccc23)[C@H](O)c2ccccc2S1(=O)=O.